The molecule has 0 spiro atoms. The molecule has 1 N–H and O–H groups in total. The summed E-state index contributed by atoms with van der Waals surface area (Å²) >= 11 is 0. The van der Waals surface area contributed by atoms with Gasteiger partial charge in [-0.2, -0.15) is 10.2 Å². The van der Waals surface area contributed by atoms with Crippen molar-refractivity contribution >= 4 is 11.6 Å². The SMILES string of the molecule is Cc1cnc2c(C(=O)N[C@@H](C)Cn3nc(C)cc3C)cnn2c1. The third-order valence-electron chi connectivity index (χ3n) is 3.66. The summed E-state index contributed by atoms with van der Waals surface area (Å²) in [5.41, 5.74) is 4.09. The Morgan fingerprint density at radius 3 is 2.78 bits per heavy atom. The van der Waals surface area contributed by atoms with E-state index >= 15 is 0 Å². The molecular weight excluding hydrogens is 292 g/mol. The smallest absolute Gasteiger partial charge is 0.257 e. The second-order valence-corrected chi connectivity index (χ2v) is 5.94. The molecule has 1 amide bonds. The van der Waals surface area contributed by atoms with Gasteiger partial charge in [-0.3, -0.25) is 9.48 Å². The summed E-state index contributed by atoms with van der Waals surface area (Å²) in [5.74, 6) is -0.176. The van der Waals surface area contributed by atoms with Crippen LogP contribution in [0.4, 0.5) is 0 Å². The first-order chi connectivity index (χ1) is 10.9. The van der Waals surface area contributed by atoms with Gasteiger partial charge in [0, 0.05) is 24.1 Å². The maximum Gasteiger partial charge on any atom is 0.257 e. The van der Waals surface area contributed by atoms with Gasteiger partial charge < -0.3 is 5.32 Å². The molecule has 0 aliphatic heterocycles. The summed E-state index contributed by atoms with van der Waals surface area (Å²) < 4.78 is 3.52. The molecule has 3 rings (SSSR count). The van der Waals surface area contributed by atoms with E-state index in [0.29, 0.717) is 17.8 Å². The van der Waals surface area contributed by atoms with E-state index in [-0.39, 0.29) is 11.9 Å². The van der Waals surface area contributed by atoms with Crippen LogP contribution in [-0.4, -0.2) is 36.3 Å². The number of nitrogens with zero attached hydrogens (tertiary/aromatic N) is 5. The van der Waals surface area contributed by atoms with Gasteiger partial charge >= 0.3 is 0 Å². The van der Waals surface area contributed by atoms with Crippen LogP contribution in [0.25, 0.3) is 5.65 Å². The minimum atomic E-state index is -0.176. The molecule has 0 saturated carbocycles. The average Bonchev–Trinajstić information content (AvgIpc) is 3.01. The minimum absolute atomic E-state index is 0.0547. The van der Waals surface area contributed by atoms with E-state index < -0.39 is 0 Å². The number of aromatic nitrogens is 5. The van der Waals surface area contributed by atoms with Gasteiger partial charge in [0.1, 0.15) is 5.56 Å². The largest absolute Gasteiger partial charge is 0.348 e. The molecule has 7 nitrogen and oxygen atoms in total. The summed E-state index contributed by atoms with van der Waals surface area (Å²) in [6.07, 6.45) is 5.12. The summed E-state index contributed by atoms with van der Waals surface area (Å²) in [6, 6.07) is 1.97. The van der Waals surface area contributed by atoms with Gasteiger partial charge in [0.2, 0.25) is 0 Å². The first-order valence-corrected chi connectivity index (χ1v) is 7.56. The molecule has 0 saturated heterocycles. The Labute approximate surface area is 134 Å². The first-order valence-electron chi connectivity index (χ1n) is 7.56. The Morgan fingerprint density at radius 2 is 2.09 bits per heavy atom. The first kappa shape index (κ1) is 15.2. The van der Waals surface area contributed by atoms with Crippen LogP contribution in [0.3, 0.4) is 0 Å². The Hall–Kier alpha value is -2.70. The van der Waals surface area contributed by atoms with Gasteiger partial charge in [-0.15, -0.1) is 0 Å². The number of rotatable bonds is 4. The zero-order valence-corrected chi connectivity index (χ0v) is 13.7. The summed E-state index contributed by atoms with van der Waals surface area (Å²) in [4.78, 5) is 16.8. The van der Waals surface area contributed by atoms with Crippen LogP contribution in [0.15, 0.2) is 24.7 Å². The number of carbonyl (C=O) groups is 1. The monoisotopic (exact) mass is 312 g/mol. The molecule has 3 heterocycles. The summed E-state index contributed by atoms with van der Waals surface area (Å²) in [5, 5.41) is 11.6. The molecule has 0 aliphatic carbocycles. The molecule has 7 heteroatoms. The molecule has 23 heavy (non-hydrogen) atoms. The normalized spacial score (nSPS) is 12.5. The molecule has 1 atom stereocenters. The molecule has 0 aromatic carbocycles. The number of carbonyl (C=O) groups excluding carboxylic acids is 1. The maximum atomic E-state index is 12.5. The van der Waals surface area contributed by atoms with Crippen LogP contribution >= 0.6 is 0 Å². The van der Waals surface area contributed by atoms with Crippen molar-refractivity contribution < 1.29 is 4.79 Å². The van der Waals surface area contributed by atoms with Crippen molar-refractivity contribution in [2.75, 3.05) is 0 Å². The molecule has 0 aliphatic rings. The van der Waals surface area contributed by atoms with E-state index in [1.807, 2.05) is 44.6 Å². The lowest BCUT2D eigenvalue weighted by Crippen LogP contribution is -2.36. The van der Waals surface area contributed by atoms with E-state index in [1.165, 1.54) is 0 Å². The van der Waals surface area contributed by atoms with Crippen LogP contribution in [0.1, 0.15) is 34.2 Å². The highest BCUT2D eigenvalue weighted by molar-refractivity contribution is 5.99. The maximum absolute atomic E-state index is 12.5. The van der Waals surface area contributed by atoms with Crippen LogP contribution in [0.5, 0.6) is 0 Å². The molecule has 0 fully saturated rings. The third kappa shape index (κ3) is 3.08. The van der Waals surface area contributed by atoms with E-state index in [0.717, 1.165) is 17.0 Å². The number of fused-ring (bicyclic) bond motifs is 1. The highest BCUT2D eigenvalue weighted by Gasteiger charge is 2.17. The topological polar surface area (TPSA) is 77.1 Å². The van der Waals surface area contributed by atoms with Crippen molar-refractivity contribution in [2.24, 2.45) is 0 Å². The van der Waals surface area contributed by atoms with Gasteiger partial charge in [0.15, 0.2) is 5.65 Å². The zero-order chi connectivity index (χ0) is 16.6. The predicted molar refractivity (Wildman–Crippen MR) is 86.4 cm³/mol. The van der Waals surface area contributed by atoms with Crippen LogP contribution in [0.2, 0.25) is 0 Å². The third-order valence-corrected chi connectivity index (χ3v) is 3.66. The predicted octanol–water partition coefficient (Wildman–Crippen LogP) is 1.67. The van der Waals surface area contributed by atoms with E-state index in [9.17, 15) is 4.79 Å². The average molecular weight is 312 g/mol. The number of aryl methyl sites for hydroxylation is 3. The van der Waals surface area contributed by atoms with Crippen molar-refractivity contribution in [2.45, 2.75) is 40.3 Å². The van der Waals surface area contributed by atoms with Crippen molar-refractivity contribution in [3.8, 4) is 0 Å². The van der Waals surface area contributed by atoms with Crippen molar-refractivity contribution in [3.05, 3.63) is 47.2 Å². The minimum Gasteiger partial charge on any atom is -0.348 e. The van der Waals surface area contributed by atoms with Crippen molar-refractivity contribution in [3.63, 3.8) is 0 Å². The van der Waals surface area contributed by atoms with Crippen molar-refractivity contribution in [1.82, 2.24) is 29.7 Å². The van der Waals surface area contributed by atoms with Gasteiger partial charge in [0.25, 0.3) is 5.91 Å². The van der Waals surface area contributed by atoms with Gasteiger partial charge in [-0.05, 0) is 39.3 Å². The molecule has 0 bridgehead atoms. The van der Waals surface area contributed by atoms with Crippen LogP contribution < -0.4 is 5.32 Å². The zero-order valence-electron chi connectivity index (χ0n) is 13.7. The van der Waals surface area contributed by atoms with Gasteiger partial charge in [-0.25, -0.2) is 9.50 Å². The van der Waals surface area contributed by atoms with Gasteiger partial charge in [0.05, 0.1) is 18.4 Å². The molecule has 3 aromatic heterocycles. The molecule has 3 aromatic rings. The molecule has 120 valence electrons. The second kappa shape index (κ2) is 5.83. The van der Waals surface area contributed by atoms with E-state index in [4.69, 9.17) is 0 Å². The lowest BCUT2D eigenvalue weighted by molar-refractivity contribution is 0.0937. The lowest BCUT2D eigenvalue weighted by atomic mass is 10.2. The number of nitrogens with one attached hydrogen (secondary N) is 1. The molecule has 0 unspecified atom stereocenters. The fourth-order valence-electron chi connectivity index (χ4n) is 2.59. The number of hydrogen-bond acceptors (Lipinski definition) is 4. The Bertz CT molecular complexity index is 863. The van der Waals surface area contributed by atoms with Gasteiger partial charge in [-0.1, -0.05) is 0 Å². The van der Waals surface area contributed by atoms with E-state index in [1.54, 1.807) is 16.9 Å². The summed E-state index contributed by atoms with van der Waals surface area (Å²) in [6.45, 7) is 8.48. The molecule has 0 radical (unpaired) electrons. The summed E-state index contributed by atoms with van der Waals surface area (Å²) in [7, 11) is 0. The standard InChI is InChI=1S/C16H20N6O/c1-10-6-17-15-14(7-18-22(15)8-10)16(23)19-12(3)9-21-13(4)5-11(2)20-21/h5-8,12H,9H2,1-4H3,(H,19,23)/t12-/m0/s1. The Morgan fingerprint density at radius 1 is 1.30 bits per heavy atom. The van der Waals surface area contributed by atoms with Crippen LogP contribution in [0, 0.1) is 20.8 Å². The quantitative estimate of drug-likeness (QED) is 0.795. The fraction of sp³-hybridized carbons (Fsp3) is 0.375. The Kier molecular flexibility index (Phi) is 3.85. The number of hydrogen-bond donors (Lipinski definition) is 1. The fourth-order valence-corrected chi connectivity index (χ4v) is 2.59. The second-order valence-electron chi connectivity index (χ2n) is 5.94. The molecular formula is C16H20N6O. The highest BCUT2D eigenvalue weighted by atomic mass is 16.1. The van der Waals surface area contributed by atoms with Crippen LogP contribution in [-0.2, 0) is 6.54 Å². The Balaban J connectivity index is 1.74. The van der Waals surface area contributed by atoms with Crippen molar-refractivity contribution in [1.29, 1.82) is 0 Å². The number of amides is 1. The highest BCUT2D eigenvalue weighted by Crippen LogP contribution is 2.09. The lowest BCUT2D eigenvalue weighted by Gasteiger charge is -2.14. The van der Waals surface area contributed by atoms with E-state index in [2.05, 4.69) is 20.5 Å².